The topological polar surface area (TPSA) is 70.6 Å². The lowest BCUT2D eigenvalue weighted by Gasteiger charge is -2.05. The Hall–Kier alpha value is -2.18. The molecule has 0 spiro atoms. The van der Waals surface area contributed by atoms with E-state index in [1.54, 1.807) is 24.3 Å². The Morgan fingerprint density at radius 3 is 2.58 bits per heavy atom. The van der Waals surface area contributed by atoms with Crippen LogP contribution in [0.5, 0.6) is 0 Å². The molecule has 0 bridgehead atoms. The van der Waals surface area contributed by atoms with Gasteiger partial charge in [0.1, 0.15) is 0 Å². The van der Waals surface area contributed by atoms with Gasteiger partial charge in [0, 0.05) is 33.6 Å². The van der Waals surface area contributed by atoms with E-state index >= 15 is 0 Å². The molecule has 0 aliphatic heterocycles. The average molecular weight is 409 g/mol. The summed E-state index contributed by atoms with van der Waals surface area (Å²) in [5, 5.41) is 7.10. The molecule has 2 amide bonds. The number of hydrazone groups is 1. The summed E-state index contributed by atoms with van der Waals surface area (Å²) in [7, 11) is 0. The Labute approximate surface area is 153 Å². The number of carbonyl (C=O) groups is 2. The van der Waals surface area contributed by atoms with E-state index in [2.05, 4.69) is 31.8 Å². The normalized spacial score (nSPS) is 10.6. The van der Waals surface area contributed by atoms with Crippen molar-refractivity contribution in [1.29, 1.82) is 0 Å². The lowest BCUT2D eigenvalue weighted by molar-refractivity contribution is -0.124. The lowest BCUT2D eigenvalue weighted by Crippen LogP contribution is -2.20. The number of anilines is 1. The van der Waals surface area contributed by atoms with E-state index in [0.29, 0.717) is 16.3 Å². The van der Waals surface area contributed by atoms with Gasteiger partial charge in [-0.3, -0.25) is 9.59 Å². The summed E-state index contributed by atoms with van der Waals surface area (Å²) in [5.74, 6) is -0.582. The molecule has 5 nitrogen and oxygen atoms in total. The summed E-state index contributed by atoms with van der Waals surface area (Å²) >= 11 is 9.30. The maximum Gasteiger partial charge on any atom is 0.240 e. The van der Waals surface area contributed by atoms with Crippen molar-refractivity contribution in [3.63, 3.8) is 0 Å². The molecule has 24 heavy (non-hydrogen) atoms. The zero-order valence-electron chi connectivity index (χ0n) is 12.6. The van der Waals surface area contributed by atoms with Crippen LogP contribution >= 0.6 is 27.5 Å². The third-order valence-corrected chi connectivity index (χ3v) is 3.82. The molecule has 0 radical (unpaired) electrons. The molecule has 0 aromatic heterocycles. The van der Waals surface area contributed by atoms with Crippen LogP contribution in [0.1, 0.15) is 18.4 Å². The number of carbonyl (C=O) groups excluding carboxylic acids is 2. The molecule has 124 valence electrons. The minimum atomic E-state index is -0.345. The smallest absolute Gasteiger partial charge is 0.240 e. The van der Waals surface area contributed by atoms with Crippen LogP contribution in [-0.4, -0.2) is 18.0 Å². The summed E-state index contributed by atoms with van der Waals surface area (Å²) < 4.78 is 0.868. The van der Waals surface area contributed by atoms with E-state index in [1.807, 2.05) is 24.3 Å². The maximum absolute atomic E-state index is 11.8. The summed E-state index contributed by atoms with van der Waals surface area (Å²) in [6.07, 6.45) is 1.57. The molecule has 2 aromatic carbocycles. The van der Waals surface area contributed by atoms with Crippen LogP contribution in [0.15, 0.2) is 58.1 Å². The van der Waals surface area contributed by atoms with Gasteiger partial charge in [-0.25, -0.2) is 5.43 Å². The van der Waals surface area contributed by atoms with E-state index in [-0.39, 0.29) is 24.7 Å². The van der Waals surface area contributed by atoms with Crippen LogP contribution in [0, 0.1) is 0 Å². The SMILES string of the molecule is O=C(CCC(=O)Nc1cccc(Br)c1)N/N=C\c1ccccc1Cl. The zero-order valence-corrected chi connectivity index (χ0v) is 15.0. The second-order valence-electron chi connectivity index (χ2n) is 4.87. The van der Waals surface area contributed by atoms with Crippen LogP contribution in [0.25, 0.3) is 0 Å². The van der Waals surface area contributed by atoms with Crippen molar-refractivity contribution in [3.05, 3.63) is 63.6 Å². The molecule has 0 saturated carbocycles. The lowest BCUT2D eigenvalue weighted by atomic mass is 10.2. The van der Waals surface area contributed by atoms with Crippen LogP contribution in [-0.2, 0) is 9.59 Å². The highest BCUT2D eigenvalue weighted by molar-refractivity contribution is 9.10. The molecule has 0 heterocycles. The average Bonchev–Trinajstić information content (AvgIpc) is 2.55. The van der Waals surface area contributed by atoms with Crippen LogP contribution in [0.2, 0.25) is 5.02 Å². The number of nitrogens with zero attached hydrogens (tertiary/aromatic N) is 1. The maximum atomic E-state index is 11.8. The summed E-state index contributed by atoms with van der Waals surface area (Å²) in [4.78, 5) is 23.5. The van der Waals surface area contributed by atoms with E-state index < -0.39 is 0 Å². The first-order chi connectivity index (χ1) is 11.5. The number of rotatable bonds is 6. The Bertz CT molecular complexity index is 765. The number of benzene rings is 2. The molecule has 0 atom stereocenters. The molecule has 0 fully saturated rings. The summed E-state index contributed by atoms with van der Waals surface area (Å²) in [5.41, 5.74) is 3.74. The Kier molecular flexibility index (Phi) is 6.96. The predicted octanol–water partition coefficient (Wildman–Crippen LogP) is 3.97. The highest BCUT2D eigenvalue weighted by atomic mass is 79.9. The van der Waals surface area contributed by atoms with Gasteiger partial charge in [0.25, 0.3) is 0 Å². The van der Waals surface area contributed by atoms with Crippen LogP contribution in [0.3, 0.4) is 0 Å². The number of amides is 2. The van der Waals surface area contributed by atoms with Crippen LogP contribution in [0.4, 0.5) is 5.69 Å². The largest absolute Gasteiger partial charge is 0.326 e. The second kappa shape index (κ2) is 9.20. The third-order valence-electron chi connectivity index (χ3n) is 2.99. The minimum Gasteiger partial charge on any atom is -0.326 e. The van der Waals surface area contributed by atoms with Gasteiger partial charge in [0.2, 0.25) is 11.8 Å². The zero-order chi connectivity index (χ0) is 17.4. The molecule has 0 unspecified atom stereocenters. The van der Waals surface area contributed by atoms with Crippen molar-refractivity contribution in [2.24, 2.45) is 5.10 Å². The monoisotopic (exact) mass is 407 g/mol. The van der Waals surface area contributed by atoms with Crippen molar-refractivity contribution >= 4 is 51.2 Å². The molecule has 0 aliphatic carbocycles. The molecule has 2 aromatic rings. The van der Waals surface area contributed by atoms with Crippen molar-refractivity contribution in [2.75, 3.05) is 5.32 Å². The second-order valence-corrected chi connectivity index (χ2v) is 6.20. The standard InChI is InChI=1S/C17H15BrClN3O2/c18-13-5-3-6-14(10-13)21-16(23)8-9-17(24)22-20-11-12-4-1-2-7-15(12)19/h1-7,10-11H,8-9H2,(H,21,23)(H,22,24)/b20-11-. The highest BCUT2D eigenvalue weighted by Crippen LogP contribution is 2.16. The van der Waals surface area contributed by atoms with Crippen LogP contribution < -0.4 is 10.7 Å². The number of hydrogen-bond donors (Lipinski definition) is 2. The first kappa shape index (κ1) is 18.2. The Morgan fingerprint density at radius 2 is 1.83 bits per heavy atom. The molecule has 2 rings (SSSR count). The first-order valence-corrected chi connectivity index (χ1v) is 8.33. The number of halogens is 2. The predicted molar refractivity (Wildman–Crippen MR) is 99.2 cm³/mol. The van der Waals surface area contributed by atoms with Crippen molar-refractivity contribution in [3.8, 4) is 0 Å². The van der Waals surface area contributed by atoms with Gasteiger partial charge in [-0.05, 0) is 24.3 Å². The highest BCUT2D eigenvalue weighted by Gasteiger charge is 2.07. The van der Waals surface area contributed by atoms with Gasteiger partial charge in [-0.2, -0.15) is 5.10 Å². The molecule has 0 saturated heterocycles. The van der Waals surface area contributed by atoms with Crippen molar-refractivity contribution < 1.29 is 9.59 Å². The van der Waals surface area contributed by atoms with Gasteiger partial charge in [0.15, 0.2) is 0 Å². The Balaban J connectivity index is 1.75. The minimum absolute atomic E-state index is 0.0414. The fourth-order valence-electron chi connectivity index (χ4n) is 1.83. The van der Waals surface area contributed by atoms with Gasteiger partial charge in [-0.15, -0.1) is 0 Å². The molecule has 2 N–H and O–H groups in total. The fraction of sp³-hybridized carbons (Fsp3) is 0.118. The molecule has 0 aliphatic rings. The molecular formula is C17H15BrClN3O2. The van der Waals surface area contributed by atoms with E-state index in [0.717, 1.165) is 4.47 Å². The van der Waals surface area contributed by atoms with E-state index in [9.17, 15) is 9.59 Å². The molecule has 7 heteroatoms. The van der Waals surface area contributed by atoms with E-state index in [1.165, 1.54) is 6.21 Å². The van der Waals surface area contributed by atoms with E-state index in [4.69, 9.17) is 11.6 Å². The van der Waals surface area contributed by atoms with Gasteiger partial charge >= 0.3 is 0 Å². The molecular weight excluding hydrogens is 394 g/mol. The Morgan fingerprint density at radius 1 is 1.08 bits per heavy atom. The quantitative estimate of drug-likeness (QED) is 0.561. The van der Waals surface area contributed by atoms with Gasteiger partial charge in [0.05, 0.1) is 6.21 Å². The van der Waals surface area contributed by atoms with Gasteiger partial charge in [-0.1, -0.05) is 51.8 Å². The summed E-state index contributed by atoms with van der Waals surface area (Å²) in [6, 6.07) is 14.4. The summed E-state index contributed by atoms with van der Waals surface area (Å²) in [6.45, 7) is 0. The van der Waals surface area contributed by atoms with Crippen molar-refractivity contribution in [2.45, 2.75) is 12.8 Å². The first-order valence-electron chi connectivity index (χ1n) is 7.16. The number of hydrogen-bond acceptors (Lipinski definition) is 3. The number of nitrogens with one attached hydrogen (secondary N) is 2. The van der Waals surface area contributed by atoms with Gasteiger partial charge < -0.3 is 5.32 Å². The fourth-order valence-corrected chi connectivity index (χ4v) is 2.41. The third kappa shape index (κ3) is 6.14. The van der Waals surface area contributed by atoms with Crippen molar-refractivity contribution in [1.82, 2.24) is 5.43 Å².